The molecule has 106 valence electrons. The van der Waals surface area contributed by atoms with Gasteiger partial charge in [0.1, 0.15) is 5.75 Å². The summed E-state index contributed by atoms with van der Waals surface area (Å²) in [6.45, 7) is 1.58. The van der Waals surface area contributed by atoms with E-state index in [9.17, 15) is 0 Å². The highest BCUT2D eigenvalue weighted by Crippen LogP contribution is 2.24. The van der Waals surface area contributed by atoms with E-state index in [4.69, 9.17) is 22.1 Å². The van der Waals surface area contributed by atoms with E-state index in [1.807, 2.05) is 36.4 Å². The molecule has 20 heavy (non-hydrogen) atoms. The highest BCUT2D eigenvalue weighted by molar-refractivity contribution is 6.30. The molecule has 0 saturated carbocycles. The van der Waals surface area contributed by atoms with Crippen molar-refractivity contribution in [2.75, 3.05) is 19.9 Å². The largest absolute Gasteiger partial charge is 0.496 e. The molecule has 0 saturated heterocycles. The summed E-state index contributed by atoms with van der Waals surface area (Å²) in [6.07, 6.45) is 0. The first-order valence-corrected chi connectivity index (χ1v) is 6.81. The van der Waals surface area contributed by atoms with Crippen LogP contribution in [-0.4, -0.2) is 19.1 Å². The zero-order valence-electron chi connectivity index (χ0n) is 11.8. The summed E-state index contributed by atoms with van der Waals surface area (Å²) in [5.74, 6) is 0.855. The predicted molar refractivity (Wildman–Crippen MR) is 84.0 cm³/mol. The molecular weight excluding hydrogens is 272 g/mol. The summed E-state index contributed by atoms with van der Waals surface area (Å²) in [4.78, 5) is 2.20. The first kappa shape index (κ1) is 14.7. The topological polar surface area (TPSA) is 38.5 Å². The number of ether oxygens (including phenoxy) is 1. The van der Waals surface area contributed by atoms with Gasteiger partial charge in [-0.15, -0.1) is 0 Å². The fraction of sp³-hybridized carbons (Fsp3) is 0.250. The summed E-state index contributed by atoms with van der Waals surface area (Å²) in [5, 5.41) is 0.721. The Morgan fingerprint density at radius 3 is 2.65 bits per heavy atom. The Balaban J connectivity index is 2.08. The van der Waals surface area contributed by atoms with E-state index in [-0.39, 0.29) is 0 Å². The minimum Gasteiger partial charge on any atom is -0.496 e. The summed E-state index contributed by atoms with van der Waals surface area (Å²) < 4.78 is 5.37. The Kier molecular flexibility index (Phi) is 4.88. The maximum absolute atomic E-state index is 6.05. The molecular formula is C16H19ClN2O. The molecule has 0 amide bonds. The molecule has 2 aromatic rings. The van der Waals surface area contributed by atoms with Crippen LogP contribution in [0.2, 0.25) is 5.02 Å². The number of rotatable bonds is 5. The molecule has 0 aromatic heterocycles. The average molecular weight is 291 g/mol. The number of nitrogen functional groups attached to an aromatic ring is 1. The Morgan fingerprint density at radius 2 is 1.95 bits per heavy atom. The summed E-state index contributed by atoms with van der Waals surface area (Å²) in [5.41, 5.74) is 8.85. The molecule has 0 aliphatic heterocycles. The normalized spacial score (nSPS) is 10.8. The zero-order chi connectivity index (χ0) is 14.5. The molecule has 2 N–H and O–H groups in total. The van der Waals surface area contributed by atoms with Crippen molar-refractivity contribution < 1.29 is 4.74 Å². The van der Waals surface area contributed by atoms with E-state index in [0.29, 0.717) is 0 Å². The van der Waals surface area contributed by atoms with Crippen molar-refractivity contribution in [3.63, 3.8) is 0 Å². The molecule has 0 fully saturated rings. The monoisotopic (exact) mass is 290 g/mol. The van der Waals surface area contributed by atoms with Gasteiger partial charge in [0.2, 0.25) is 0 Å². The lowest BCUT2D eigenvalue weighted by Crippen LogP contribution is -2.17. The van der Waals surface area contributed by atoms with Gasteiger partial charge in [-0.2, -0.15) is 0 Å². The van der Waals surface area contributed by atoms with Gasteiger partial charge in [-0.25, -0.2) is 0 Å². The molecule has 0 aliphatic rings. The molecule has 0 atom stereocenters. The molecule has 4 heteroatoms. The van der Waals surface area contributed by atoms with Crippen LogP contribution in [0.1, 0.15) is 11.1 Å². The van der Waals surface area contributed by atoms with E-state index in [0.717, 1.165) is 35.1 Å². The lowest BCUT2D eigenvalue weighted by Gasteiger charge is -2.19. The summed E-state index contributed by atoms with van der Waals surface area (Å²) in [6, 6.07) is 13.6. The third-order valence-electron chi connectivity index (χ3n) is 3.09. The average Bonchev–Trinajstić information content (AvgIpc) is 2.38. The third-order valence-corrected chi connectivity index (χ3v) is 3.32. The van der Waals surface area contributed by atoms with Crippen LogP contribution in [0.4, 0.5) is 5.69 Å². The van der Waals surface area contributed by atoms with Gasteiger partial charge in [-0.05, 0) is 42.9 Å². The Morgan fingerprint density at radius 1 is 1.15 bits per heavy atom. The highest BCUT2D eigenvalue weighted by Gasteiger charge is 2.08. The number of benzene rings is 2. The molecule has 0 bridgehead atoms. The highest BCUT2D eigenvalue weighted by atomic mass is 35.5. The SMILES string of the molecule is COc1ccc(Cl)cc1CN(C)Cc1cccc(N)c1. The summed E-state index contributed by atoms with van der Waals surface area (Å²) in [7, 11) is 3.73. The molecule has 0 spiro atoms. The maximum atomic E-state index is 6.05. The fourth-order valence-electron chi connectivity index (χ4n) is 2.22. The number of nitrogens with two attached hydrogens (primary N) is 1. The van der Waals surface area contributed by atoms with Gasteiger partial charge in [0, 0.05) is 29.4 Å². The van der Waals surface area contributed by atoms with Crippen molar-refractivity contribution in [2.24, 2.45) is 0 Å². The van der Waals surface area contributed by atoms with Crippen LogP contribution in [0, 0.1) is 0 Å². The second kappa shape index (κ2) is 6.64. The molecule has 0 unspecified atom stereocenters. The number of halogens is 1. The van der Waals surface area contributed by atoms with Gasteiger partial charge in [0.25, 0.3) is 0 Å². The van der Waals surface area contributed by atoms with E-state index in [2.05, 4.69) is 18.0 Å². The zero-order valence-corrected chi connectivity index (χ0v) is 12.5. The lowest BCUT2D eigenvalue weighted by atomic mass is 10.1. The van der Waals surface area contributed by atoms with Crippen molar-refractivity contribution in [1.82, 2.24) is 4.90 Å². The fourth-order valence-corrected chi connectivity index (χ4v) is 2.42. The van der Waals surface area contributed by atoms with Gasteiger partial charge >= 0.3 is 0 Å². The van der Waals surface area contributed by atoms with Crippen molar-refractivity contribution in [3.05, 3.63) is 58.6 Å². The minimum atomic E-state index is 0.721. The van der Waals surface area contributed by atoms with Crippen LogP contribution in [-0.2, 0) is 13.1 Å². The molecule has 0 aliphatic carbocycles. The van der Waals surface area contributed by atoms with Crippen molar-refractivity contribution in [1.29, 1.82) is 0 Å². The van der Waals surface area contributed by atoms with E-state index in [1.54, 1.807) is 7.11 Å². The number of hydrogen-bond donors (Lipinski definition) is 1. The van der Waals surface area contributed by atoms with Gasteiger partial charge < -0.3 is 10.5 Å². The smallest absolute Gasteiger partial charge is 0.123 e. The number of hydrogen-bond acceptors (Lipinski definition) is 3. The molecule has 0 radical (unpaired) electrons. The van der Waals surface area contributed by atoms with E-state index >= 15 is 0 Å². The second-order valence-electron chi connectivity index (χ2n) is 4.87. The van der Waals surface area contributed by atoms with Gasteiger partial charge in [0.15, 0.2) is 0 Å². The number of methoxy groups -OCH3 is 1. The number of anilines is 1. The van der Waals surface area contributed by atoms with Crippen LogP contribution in [0.3, 0.4) is 0 Å². The van der Waals surface area contributed by atoms with Crippen molar-refractivity contribution >= 4 is 17.3 Å². The first-order chi connectivity index (χ1) is 9.58. The quantitative estimate of drug-likeness (QED) is 0.856. The third kappa shape index (κ3) is 3.89. The van der Waals surface area contributed by atoms with E-state index in [1.165, 1.54) is 5.56 Å². The van der Waals surface area contributed by atoms with Crippen molar-refractivity contribution in [3.8, 4) is 5.75 Å². The Bertz CT molecular complexity index is 586. The minimum absolute atomic E-state index is 0.721. The number of nitrogens with zero attached hydrogens (tertiary/aromatic N) is 1. The molecule has 2 aromatic carbocycles. The van der Waals surface area contributed by atoms with Gasteiger partial charge in [-0.3, -0.25) is 4.90 Å². The molecule has 2 rings (SSSR count). The van der Waals surface area contributed by atoms with Crippen LogP contribution >= 0.6 is 11.6 Å². The predicted octanol–water partition coefficient (Wildman–Crippen LogP) is 3.56. The Labute approximate surface area is 124 Å². The van der Waals surface area contributed by atoms with Crippen LogP contribution in [0.5, 0.6) is 5.75 Å². The van der Waals surface area contributed by atoms with Gasteiger partial charge in [-0.1, -0.05) is 23.7 Å². The summed E-state index contributed by atoms with van der Waals surface area (Å²) >= 11 is 6.05. The van der Waals surface area contributed by atoms with Crippen LogP contribution in [0.25, 0.3) is 0 Å². The van der Waals surface area contributed by atoms with Crippen molar-refractivity contribution in [2.45, 2.75) is 13.1 Å². The van der Waals surface area contributed by atoms with Crippen LogP contribution < -0.4 is 10.5 Å². The second-order valence-corrected chi connectivity index (χ2v) is 5.31. The first-order valence-electron chi connectivity index (χ1n) is 6.44. The lowest BCUT2D eigenvalue weighted by molar-refractivity contribution is 0.310. The molecule has 3 nitrogen and oxygen atoms in total. The molecule has 0 heterocycles. The van der Waals surface area contributed by atoms with Crippen LogP contribution in [0.15, 0.2) is 42.5 Å². The Hall–Kier alpha value is -1.71. The van der Waals surface area contributed by atoms with Gasteiger partial charge in [0.05, 0.1) is 7.11 Å². The standard InChI is InChI=1S/C16H19ClN2O/c1-19(10-12-4-3-5-15(18)8-12)11-13-9-14(17)6-7-16(13)20-2/h3-9H,10-11,18H2,1-2H3. The van der Waals surface area contributed by atoms with E-state index < -0.39 is 0 Å². The maximum Gasteiger partial charge on any atom is 0.123 e.